The molecule has 0 bridgehead atoms. The lowest BCUT2D eigenvalue weighted by atomic mass is 9.98. The van der Waals surface area contributed by atoms with Crippen molar-refractivity contribution in [3.05, 3.63) is 63.6 Å². The third-order valence-electron chi connectivity index (χ3n) is 3.10. The number of ether oxygens (including phenoxy) is 1. The van der Waals surface area contributed by atoms with Crippen molar-refractivity contribution in [1.29, 1.82) is 0 Å². The first-order chi connectivity index (χ1) is 9.58. The molecule has 0 heterocycles. The maximum absolute atomic E-state index is 13.9. The normalized spacial score (nSPS) is 12.2. The summed E-state index contributed by atoms with van der Waals surface area (Å²) in [6, 6.07) is 9.10. The van der Waals surface area contributed by atoms with E-state index in [-0.39, 0.29) is 5.56 Å². The molecule has 20 heavy (non-hydrogen) atoms. The molecule has 106 valence electrons. The highest BCUT2D eigenvalue weighted by atomic mass is 79.9. The molecule has 0 radical (unpaired) electrons. The van der Waals surface area contributed by atoms with Crippen molar-refractivity contribution in [2.24, 2.45) is 0 Å². The summed E-state index contributed by atoms with van der Waals surface area (Å²) < 4.78 is 33.2. The zero-order valence-corrected chi connectivity index (χ0v) is 12.7. The van der Waals surface area contributed by atoms with Crippen LogP contribution >= 0.6 is 15.9 Å². The lowest BCUT2D eigenvalue weighted by molar-refractivity contribution is 0.414. The monoisotopic (exact) mass is 341 g/mol. The Bertz CT molecular complexity index is 619. The zero-order chi connectivity index (χ0) is 14.7. The molecule has 2 nitrogen and oxygen atoms in total. The van der Waals surface area contributed by atoms with E-state index in [4.69, 9.17) is 4.74 Å². The van der Waals surface area contributed by atoms with Gasteiger partial charge in [0.05, 0.1) is 13.2 Å². The van der Waals surface area contributed by atoms with Crippen LogP contribution in [-0.4, -0.2) is 14.2 Å². The number of nitrogens with one attached hydrogen (secondary N) is 1. The Morgan fingerprint density at radius 2 is 1.90 bits per heavy atom. The van der Waals surface area contributed by atoms with Crippen molar-refractivity contribution < 1.29 is 13.5 Å². The third-order valence-corrected chi connectivity index (χ3v) is 3.79. The average Bonchev–Trinajstić information content (AvgIpc) is 2.45. The lowest BCUT2D eigenvalue weighted by Crippen LogP contribution is -2.20. The summed E-state index contributed by atoms with van der Waals surface area (Å²) in [6.07, 6.45) is 0. The number of benzene rings is 2. The van der Waals surface area contributed by atoms with Gasteiger partial charge in [-0.25, -0.2) is 8.78 Å². The van der Waals surface area contributed by atoms with Crippen LogP contribution in [0.3, 0.4) is 0 Å². The summed E-state index contributed by atoms with van der Waals surface area (Å²) in [5, 5.41) is 3.00. The number of hydrogen-bond acceptors (Lipinski definition) is 2. The molecule has 0 saturated heterocycles. The van der Waals surface area contributed by atoms with Gasteiger partial charge in [0, 0.05) is 10.0 Å². The van der Waals surface area contributed by atoms with Crippen LogP contribution < -0.4 is 10.1 Å². The molecule has 1 N–H and O–H groups in total. The van der Waals surface area contributed by atoms with E-state index < -0.39 is 17.7 Å². The van der Waals surface area contributed by atoms with E-state index in [0.717, 1.165) is 16.1 Å². The molecule has 0 aliphatic carbocycles. The molecule has 1 atom stereocenters. The van der Waals surface area contributed by atoms with Crippen molar-refractivity contribution in [2.45, 2.75) is 6.04 Å². The van der Waals surface area contributed by atoms with Gasteiger partial charge in [-0.3, -0.25) is 0 Å². The standard InChI is InChI=1S/C15H14BrF2NO/c1-19-15(11-4-3-5-13(17)14(11)18)10-7-6-9(20-2)8-12(10)16/h3-8,15,19H,1-2H3. The van der Waals surface area contributed by atoms with Gasteiger partial charge in [-0.2, -0.15) is 0 Å². The number of rotatable bonds is 4. The second-order valence-corrected chi connectivity index (χ2v) is 5.11. The van der Waals surface area contributed by atoms with Gasteiger partial charge in [0.15, 0.2) is 11.6 Å². The zero-order valence-electron chi connectivity index (χ0n) is 11.1. The summed E-state index contributed by atoms with van der Waals surface area (Å²) >= 11 is 3.43. The Morgan fingerprint density at radius 1 is 1.15 bits per heavy atom. The van der Waals surface area contributed by atoms with Crippen molar-refractivity contribution in [2.75, 3.05) is 14.2 Å². The highest BCUT2D eigenvalue weighted by molar-refractivity contribution is 9.10. The van der Waals surface area contributed by atoms with Crippen LogP contribution in [0.1, 0.15) is 17.2 Å². The smallest absolute Gasteiger partial charge is 0.163 e. The van der Waals surface area contributed by atoms with E-state index in [9.17, 15) is 8.78 Å². The summed E-state index contributed by atoms with van der Waals surface area (Å²) in [6.45, 7) is 0. The molecule has 0 fully saturated rings. The van der Waals surface area contributed by atoms with Gasteiger partial charge in [0.2, 0.25) is 0 Å². The fourth-order valence-corrected chi connectivity index (χ4v) is 2.68. The first kappa shape index (κ1) is 14.9. The van der Waals surface area contributed by atoms with E-state index in [1.165, 1.54) is 6.07 Å². The molecule has 0 saturated carbocycles. The third kappa shape index (κ3) is 2.83. The average molecular weight is 342 g/mol. The molecule has 2 aromatic carbocycles. The van der Waals surface area contributed by atoms with Crippen molar-refractivity contribution in [1.82, 2.24) is 5.32 Å². The van der Waals surface area contributed by atoms with E-state index in [2.05, 4.69) is 21.2 Å². The second-order valence-electron chi connectivity index (χ2n) is 4.25. The van der Waals surface area contributed by atoms with Gasteiger partial charge in [-0.05, 0) is 30.8 Å². The number of methoxy groups -OCH3 is 1. The van der Waals surface area contributed by atoms with E-state index in [1.807, 2.05) is 6.07 Å². The minimum Gasteiger partial charge on any atom is -0.497 e. The molecular formula is C15H14BrF2NO. The van der Waals surface area contributed by atoms with Crippen LogP contribution in [0, 0.1) is 11.6 Å². The molecule has 0 aliphatic rings. The maximum Gasteiger partial charge on any atom is 0.163 e. The molecule has 2 rings (SSSR count). The predicted molar refractivity (Wildman–Crippen MR) is 78.0 cm³/mol. The quantitative estimate of drug-likeness (QED) is 0.905. The van der Waals surface area contributed by atoms with Crippen LogP contribution in [0.4, 0.5) is 8.78 Å². The summed E-state index contributed by atoms with van der Waals surface area (Å²) in [4.78, 5) is 0. The molecule has 5 heteroatoms. The Labute approximate surface area is 124 Å². The summed E-state index contributed by atoms with van der Waals surface area (Å²) in [5.74, 6) is -1.00. The first-order valence-corrected chi connectivity index (χ1v) is 6.82. The molecule has 0 aliphatic heterocycles. The second kappa shape index (κ2) is 6.33. The van der Waals surface area contributed by atoms with Gasteiger partial charge < -0.3 is 10.1 Å². The molecule has 0 aromatic heterocycles. The summed E-state index contributed by atoms with van der Waals surface area (Å²) in [5.41, 5.74) is 1.07. The van der Waals surface area contributed by atoms with Gasteiger partial charge in [0.25, 0.3) is 0 Å². The SMILES string of the molecule is CNC(c1ccc(OC)cc1Br)c1cccc(F)c1F. The predicted octanol–water partition coefficient (Wildman–Crippen LogP) is 4.04. The van der Waals surface area contributed by atoms with E-state index in [1.54, 1.807) is 32.4 Å². The molecule has 2 aromatic rings. The topological polar surface area (TPSA) is 21.3 Å². The fourth-order valence-electron chi connectivity index (χ4n) is 2.09. The highest BCUT2D eigenvalue weighted by Gasteiger charge is 2.20. The van der Waals surface area contributed by atoms with Crippen molar-refractivity contribution >= 4 is 15.9 Å². The molecule has 0 spiro atoms. The Balaban J connectivity index is 2.50. The minimum atomic E-state index is -0.854. The van der Waals surface area contributed by atoms with Crippen LogP contribution in [0.5, 0.6) is 5.75 Å². The molecule has 1 unspecified atom stereocenters. The van der Waals surface area contributed by atoms with Crippen LogP contribution in [0.25, 0.3) is 0 Å². The van der Waals surface area contributed by atoms with Crippen LogP contribution in [0.15, 0.2) is 40.9 Å². The largest absolute Gasteiger partial charge is 0.497 e. The van der Waals surface area contributed by atoms with Crippen LogP contribution in [0.2, 0.25) is 0 Å². The first-order valence-electron chi connectivity index (χ1n) is 6.03. The van der Waals surface area contributed by atoms with Gasteiger partial charge in [-0.15, -0.1) is 0 Å². The lowest BCUT2D eigenvalue weighted by Gasteiger charge is -2.20. The fraction of sp³-hybridized carbons (Fsp3) is 0.200. The van der Waals surface area contributed by atoms with Gasteiger partial charge in [0.1, 0.15) is 5.75 Å². The Morgan fingerprint density at radius 3 is 2.50 bits per heavy atom. The van der Waals surface area contributed by atoms with Crippen molar-refractivity contribution in [3.8, 4) is 5.75 Å². The molecular weight excluding hydrogens is 328 g/mol. The summed E-state index contributed by atoms with van der Waals surface area (Å²) in [7, 11) is 3.27. The minimum absolute atomic E-state index is 0.262. The number of hydrogen-bond donors (Lipinski definition) is 1. The molecule has 0 amide bonds. The van der Waals surface area contributed by atoms with Crippen molar-refractivity contribution in [3.63, 3.8) is 0 Å². The highest BCUT2D eigenvalue weighted by Crippen LogP contribution is 2.32. The van der Waals surface area contributed by atoms with Gasteiger partial charge >= 0.3 is 0 Å². The van der Waals surface area contributed by atoms with Gasteiger partial charge in [-0.1, -0.05) is 34.1 Å². The van der Waals surface area contributed by atoms with E-state index in [0.29, 0.717) is 5.75 Å². The van der Waals surface area contributed by atoms with E-state index >= 15 is 0 Å². The number of halogens is 3. The Kier molecular flexibility index (Phi) is 4.73. The maximum atomic E-state index is 13.9. The Hall–Kier alpha value is -1.46. The van der Waals surface area contributed by atoms with Crippen LogP contribution in [-0.2, 0) is 0 Å².